The fraction of sp³-hybridized carbons (Fsp3) is 0.214. The highest BCUT2D eigenvalue weighted by molar-refractivity contribution is 5.93. The lowest BCUT2D eigenvalue weighted by atomic mass is 9.94. The lowest BCUT2D eigenvalue weighted by Gasteiger charge is -2.13. The Morgan fingerprint density at radius 3 is 2.42 bits per heavy atom. The molecule has 0 spiro atoms. The molecule has 2 N–H and O–H groups in total. The minimum absolute atomic E-state index is 0.133. The summed E-state index contributed by atoms with van der Waals surface area (Å²) < 4.78 is 10.0. The van der Waals surface area contributed by atoms with Crippen molar-refractivity contribution in [3.8, 4) is 5.75 Å². The fourth-order valence-corrected chi connectivity index (χ4v) is 3.62. The molecule has 0 aliphatic heterocycles. The molecule has 0 aliphatic rings. The Morgan fingerprint density at radius 2 is 1.75 bits per heavy atom. The molecule has 186 valence electrons. The van der Waals surface area contributed by atoms with Gasteiger partial charge in [-0.1, -0.05) is 48.6 Å². The Kier molecular flexibility index (Phi) is 8.94. The lowest BCUT2D eigenvalue weighted by Crippen LogP contribution is -2.29. The third kappa shape index (κ3) is 6.79. The highest BCUT2D eigenvalue weighted by atomic mass is 16.6. The number of hydrogen-bond acceptors (Lipinski definition) is 6. The Balaban J connectivity index is 1.61. The van der Waals surface area contributed by atoms with Crippen LogP contribution in [0.5, 0.6) is 5.75 Å². The molecule has 0 radical (unpaired) electrons. The number of aromatic nitrogens is 1. The summed E-state index contributed by atoms with van der Waals surface area (Å²) in [5.74, 6) is -0.670. The number of para-hydroxylation sites is 1. The van der Waals surface area contributed by atoms with E-state index >= 15 is 0 Å². The summed E-state index contributed by atoms with van der Waals surface area (Å²) >= 11 is 0. The zero-order valence-corrected chi connectivity index (χ0v) is 20.6. The summed E-state index contributed by atoms with van der Waals surface area (Å²) in [5, 5.41) is 5.27. The first-order valence-electron chi connectivity index (χ1n) is 11.4. The number of allylic oxidation sites excluding steroid dienone is 1. The summed E-state index contributed by atoms with van der Waals surface area (Å²) in [5.41, 5.74) is 5.60. The van der Waals surface area contributed by atoms with Gasteiger partial charge in [0.05, 0.1) is 7.11 Å². The predicted octanol–water partition coefficient (Wildman–Crippen LogP) is 4.18. The Hall–Kier alpha value is -4.46. The third-order valence-electron chi connectivity index (χ3n) is 5.49. The Morgan fingerprint density at radius 1 is 1.00 bits per heavy atom. The molecule has 8 nitrogen and oxygen atoms in total. The molecule has 0 saturated heterocycles. The summed E-state index contributed by atoms with van der Waals surface area (Å²) in [4.78, 5) is 40.0. The highest BCUT2D eigenvalue weighted by Gasteiger charge is 2.15. The molecule has 0 aliphatic carbocycles. The average molecular weight is 488 g/mol. The molecule has 0 fully saturated rings. The van der Waals surface area contributed by atoms with Crippen LogP contribution in [0.1, 0.15) is 50.0 Å². The van der Waals surface area contributed by atoms with E-state index in [1.807, 2.05) is 25.1 Å². The normalized spacial score (nSPS) is 10.3. The van der Waals surface area contributed by atoms with E-state index in [2.05, 4.69) is 28.3 Å². The van der Waals surface area contributed by atoms with Crippen molar-refractivity contribution in [3.63, 3.8) is 0 Å². The number of pyridine rings is 1. The molecule has 3 rings (SSSR count). The van der Waals surface area contributed by atoms with Gasteiger partial charge >= 0.3 is 12.1 Å². The second kappa shape index (κ2) is 12.3. The van der Waals surface area contributed by atoms with E-state index in [4.69, 9.17) is 9.47 Å². The van der Waals surface area contributed by atoms with Gasteiger partial charge in [0.1, 0.15) is 17.0 Å². The van der Waals surface area contributed by atoms with Crippen LogP contribution in [0, 0.1) is 0 Å². The Bertz CT molecular complexity index is 1270. The maximum absolute atomic E-state index is 12.3. The summed E-state index contributed by atoms with van der Waals surface area (Å²) in [6.07, 6.45) is 2.27. The molecule has 3 aromatic rings. The molecule has 1 heterocycles. The van der Waals surface area contributed by atoms with E-state index in [9.17, 15) is 14.4 Å². The maximum Gasteiger partial charge on any atom is 0.412 e. The smallest absolute Gasteiger partial charge is 0.412 e. The van der Waals surface area contributed by atoms with Gasteiger partial charge in [-0.25, -0.2) is 9.59 Å². The third-order valence-corrected chi connectivity index (χ3v) is 5.49. The number of ether oxygens (including phenoxy) is 2. The van der Waals surface area contributed by atoms with Crippen molar-refractivity contribution >= 4 is 23.5 Å². The van der Waals surface area contributed by atoms with E-state index in [1.54, 1.807) is 31.4 Å². The van der Waals surface area contributed by atoms with Gasteiger partial charge in [0, 0.05) is 19.8 Å². The zero-order valence-electron chi connectivity index (χ0n) is 20.6. The molecule has 2 aromatic carbocycles. The van der Waals surface area contributed by atoms with E-state index < -0.39 is 12.1 Å². The van der Waals surface area contributed by atoms with Crippen molar-refractivity contribution in [3.05, 3.63) is 101 Å². The van der Waals surface area contributed by atoms with Crippen LogP contribution in [0.4, 0.5) is 4.79 Å². The van der Waals surface area contributed by atoms with Gasteiger partial charge in [0.25, 0.3) is 5.91 Å². The van der Waals surface area contributed by atoms with Crippen molar-refractivity contribution in [1.29, 1.82) is 0 Å². The van der Waals surface area contributed by atoms with Crippen LogP contribution in [0.2, 0.25) is 0 Å². The largest absolute Gasteiger partial charge is 0.465 e. The van der Waals surface area contributed by atoms with Gasteiger partial charge in [-0.2, -0.15) is 0 Å². The molecule has 0 bridgehead atoms. The number of nitrogens with one attached hydrogen (secondary N) is 2. The summed E-state index contributed by atoms with van der Waals surface area (Å²) in [6, 6.07) is 16.1. The van der Waals surface area contributed by atoms with E-state index in [-0.39, 0.29) is 17.2 Å². The molecular formula is C28H29N3O5. The van der Waals surface area contributed by atoms with Gasteiger partial charge in [0.15, 0.2) is 0 Å². The molecule has 36 heavy (non-hydrogen) atoms. The van der Waals surface area contributed by atoms with Gasteiger partial charge in [-0.05, 0) is 60.2 Å². The zero-order chi connectivity index (χ0) is 26.1. The predicted molar refractivity (Wildman–Crippen MR) is 137 cm³/mol. The monoisotopic (exact) mass is 487 g/mol. The first-order chi connectivity index (χ1) is 17.3. The number of carbonyl (C=O) groups is 3. The summed E-state index contributed by atoms with van der Waals surface area (Å²) in [6.45, 7) is 6.40. The first-order valence-corrected chi connectivity index (χ1v) is 11.4. The molecule has 2 amide bonds. The van der Waals surface area contributed by atoms with E-state index in [0.717, 1.165) is 27.8 Å². The van der Waals surface area contributed by atoms with Crippen molar-refractivity contribution in [2.75, 3.05) is 20.7 Å². The molecule has 0 unspecified atom stereocenters. The first kappa shape index (κ1) is 26.2. The maximum atomic E-state index is 12.3. The fourth-order valence-electron chi connectivity index (χ4n) is 3.62. The van der Waals surface area contributed by atoms with Gasteiger partial charge in [-0.3, -0.25) is 9.78 Å². The molecule has 8 heteroatoms. The second-order valence-corrected chi connectivity index (χ2v) is 8.13. The SMILES string of the molecule is C=C(C)c1cc(CCNC(=O)Oc2ccccc2C(=O)OC)ccc1Cc1ccc(C(=O)NC)nc1. The Labute approximate surface area is 210 Å². The number of hydrogen-bond donors (Lipinski definition) is 2. The standard InChI is InChI=1S/C28H29N3O5/c1-18(2)23-16-19(9-11-21(23)15-20-10-12-24(31-17-20)26(32)29-3)13-14-30-28(34)36-25-8-6-5-7-22(25)27(33)35-4/h5-12,16-17H,1,13-15H2,2-4H3,(H,29,32)(H,30,34). The minimum atomic E-state index is -0.657. The number of amides is 2. The van der Waals surface area contributed by atoms with Crippen LogP contribution in [0.3, 0.4) is 0 Å². The number of methoxy groups -OCH3 is 1. The van der Waals surface area contributed by atoms with E-state index in [0.29, 0.717) is 25.1 Å². The van der Waals surface area contributed by atoms with Crippen LogP contribution in [-0.2, 0) is 17.6 Å². The number of rotatable bonds is 9. The number of carbonyl (C=O) groups excluding carboxylic acids is 3. The van der Waals surface area contributed by atoms with Gasteiger partial charge < -0.3 is 20.1 Å². The number of nitrogens with zero attached hydrogens (tertiary/aromatic N) is 1. The topological polar surface area (TPSA) is 107 Å². The van der Waals surface area contributed by atoms with Crippen molar-refractivity contribution in [2.45, 2.75) is 19.8 Å². The van der Waals surface area contributed by atoms with Crippen LogP contribution < -0.4 is 15.4 Å². The molecule has 1 aromatic heterocycles. The number of benzene rings is 2. The highest BCUT2D eigenvalue weighted by Crippen LogP contribution is 2.23. The summed E-state index contributed by atoms with van der Waals surface area (Å²) in [7, 11) is 2.84. The molecule has 0 atom stereocenters. The molecular weight excluding hydrogens is 458 g/mol. The quantitative estimate of drug-likeness (QED) is 0.439. The van der Waals surface area contributed by atoms with Crippen LogP contribution in [0.25, 0.3) is 5.57 Å². The van der Waals surface area contributed by atoms with Gasteiger partial charge in [0.2, 0.25) is 0 Å². The van der Waals surface area contributed by atoms with E-state index in [1.165, 1.54) is 19.2 Å². The average Bonchev–Trinajstić information content (AvgIpc) is 2.89. The lowest BCUT2D eigenvalue weighted by molar-refractivity contribution is 0.0597. The van der Waals surface area contributed by atoms with Gasteiger partial charge in [-0.15, -0.1) is 0 Å². The molecule has 0 saturated carbocycles. The second-order valence-electron chi connectivity index (χ2n) is 8.13. The van der Waals surface area contributed by atoms with Crippen LogP contribution in [0.15, 0.2) is 67.4 Å². The van der Waals surface area contributed by atoms with Crippen molar-refractivity contribution < 1.29 is 23.9 Å². The van der Waals surface area contributed by atoms with Crippen LogP contribution >= 0.6 is 0 Å². The van der Waals surface area contributed by atoms with Crippen LogP contribution in [-0.4, -0.2) is 43.7 Å². The van der Waals surface area contributed by atoms with Crippen molar-refractivity contribution in [2.24, 2.45) is 0 Å². The minimum Gasteiger partial charge on any atom is -0.465 e. The number of esters is 1. The van der Waals surface area contributed by atoms with Crippen molar-refractivity contribution in [1.82, 2.24) is 15.6 Å².